The zero-order valence-corrected chi connectivity index (χ0v) is 16.7. The van der Waals surface area contributed by atoms with Crippen LogP contribution in [-0.4, -0.2) is 25.8 Å². The molecule has 6 nitrogen and oxygen atoms in total. The van der Waals surface area contributed by atoms with Crippen molar-refractivity contribution in [2.24, 2.45) is 0 Å². The molecule has 4 aromatic rings. The molecule has 2 aromatic carbocycles. The molecule has 0 radical (unpaired) electrons. The van der Waals surface area contributed by atoms with Gasteiger partial charge in [0.05, 0.1) is 5.25 Å². The van der Waals surface area contributed by atoms with E-state index in [1.165, 1.54) is 11.8 Å². The number of carbonyl (C=O) groups excluding carboxylic acids is 1. The highest BCUT2D eigenvalue weighted by atomic mass is 32.2. The number of anilines is 1. The number of carbonyl (C=O) groups is 1. The van der Waals surface area contributed by atoms with Crippen LogP contribution in [0.15, 0.2) is 84.1 Å². The first-order valence-corrected chi connectivity index (χ1v) is 10.1. The summed E-state index contributed by atoms with van der Waals surface area (Å²) in [6.07, 6.45) is 1.89. The van der Waals surface area contributed by atoms with E-state index in [1.54, 1.807) is 0 Å². The Morgan fingerprint density at radius 2 is 1.79 bits per heavy atom. The average molecular weight is 404 g/mol. The zero-order valence-electron chi connectivity index (χ0n) is 15.9. The topological polar surface area (TPSA) is 68.5 Å². The number of thioether (sulfide) groups is 1. The molecule has 0 spiro atoms. The van der Waals surface area contributed by atoms with Crippen molar-refractivity contribution in [1.82, 2.24) is 14.6 Å². The lowest BCUT2D eigenvalue weighted by Gasteiger charge is -2.12. The molecule has 0 saturated carbocycles. The van der Waals surface area contributed by atoms with E-state index in [0.717, 1.165) is 22.6 Å². The quantitative estimate of drug-likeness (QED) is 0.462. The van der Waals surface area contributed by atoms with E-state index in [-0.39, 0.29) is 11.2 Å². The highest BCUT2D eigenvalue weighted by Gasteiger charge is 2.18. The fraction of sp³-hybridized carbons (Fsp3) is 0.136. The number of benzene rings is 2. The van der Waals surface area contributed by atoms with Crippen LogP contribution in [0, 0.1) is 0 Å². The highest BCUT2D eigenvalue weighted by Crippen LogP contribution is 2.24. The Labute approximate surface area is 172 Å². The number of ether oxygens (including phenoxy) is 1. The van der Waals surface area contributed by atoms with Crippen LogP contribution in [0.3, 0.4) is 0 Å². The molecule has 0 bridgehead atoms. The Kier molecular flexibility index (Phi) is 5.76. The monoisotopic (exact) mass is 404 g/mol. The van der Waals surface area contributed by atoms with Gasteiger partial charge in [0.15, 0.2) is 10.8 Å². The summed E-state index contributed by atoms with van der Waals surface area (Å²) in [6, 6.07) is 23.1. The molecular weight excluding hydrogens is 384 g/mol. The summed E-state index contributed by atoms with van der Waals surface area (Å²) in [7, 11) is 0. The Morgan fingerprint density at radius 1 is 1.03 bits per heavy atom. The first-order chi connectivity index (χ1) is 14.2. The van der Waals surface area contributed by atoms with Crippen molar-refractivity contribution >= 4 is 29.0 Å². The lowest BCUT2D eigenvalue weighted by molar-refractivity contribution is -0.115. The fourth-order valence-electron chi connectivity index (χ4n) is 2.73. The van der Waals surface area contributed by atoms with E-state index >= 15 is 0 Å². The van der Waals surface area contributed by atoms with E-state index in [1.807, 2.05) is 90.3 Å². The van der Waals surface area contributed by atoms with Gasteiger partial charge < -0.3 is 10.1 Å². The van der Waals surface area contributed by atoms with Crippen LogP contribution in [0.1, 0.15) is 12.5 Å². The molecule has 1 amide bonds. The van der Waals surface area contributed by atoms with E-state index in [0.29, 0.717) is 11.8 Å². The minimum Gasteiger partial charge on any atom is -0.489 e. The third kappa shape index (κ3) is 4.75. The average Bonchev–Trinajstić information content (AvgIpc) is 3.17. The molecule has 2 heterocycles. The van der Waals surface area contributed by atoms with Gasteiger partial charge in [0.1, 0.15) is 12.4 Å². The predicted octanol–water partition coefficient (Wildman–Crippen LogP) is 4.43. The summed E-state index contributed by atoms with van der Waals surface area (Å²) in [5.74, 6) is 0.657. The maximum Gasteiger partial charge on any atom is 0.237 e. The summed E-state index contributed by atoms with van der Waals surface area (Å²) >= 11 is 1.37. The SMILES string of the molecule is CC(Sc1nnc2ccccn12)C(=O)Nc1ccc(OCc2ccccc2)cc1. The molecule has 2 aromatic heterocycles. The van der Waals surface area contributed by atoms with Crippen LogP contribution in [0.5, 0.6) is 5.75 Å². The number of nitrogens with zero attached hydrogens (tertiary/aromatic N) is 3. The summed E-state index contributed by atoms with van der Waals surface area (Å²) in [5, 5.41) is 11.6. The fourth-order valence-corrected chi connectivity index (χ4v) is 3.57. The van der Waals surface area contributed by atoms with Gasteiger partial charge in [-0.1, -0.05) is 48.2 Å². The van der Waals surface area contributed by atoms with Gasteiger partial charge >= 0.3 is 0 Å². The summed E-state index contributed by atoms with van der Waals surface area (Å²) < 4.78 is 7.64. The molecule has 0 fully saturated rings. The molecule has 1 unspecified atom stereocenters. The lowest BCUT2D eigenvalue weighted by Crippen LogP contribution is -2.22. The van der Waals surface area contributed by atoms with Crippen molar-refractivity contribution in [3.8, 4) is 5.75 Å². The highest BCUT2D eigenvalue weighted by molar-refractivity contribution is 8.00. The van der Waals surface area contributed by atoms with Gasteiger partial charge in [0.25, 0.3) is 0 Å². The van der Waals surface area contributed by atoms with Crippen molar-refractivity contribution in [3.05, 3.63) is 84.6 Å². The first kappa shape index (κ1) is 19.0. The van der Waals surface area contributed by atoms with Gasteiger partial charge in [-0.15, -0.1) is 10.2 Å². The largest absolute Gasteiger partial charge is 0.489 e. The summed E-state index contributed by atoms with van der Waals surface area (Å²) in [4.78, 5) is 12.5. The predicted molar refractivity (Wildman–Crippen MR) is 114 cm³/mol. The first-order valence-electron chi connectivity index (χ1n) is 9.23. The molecule has 0 aliphatic rings. The number of rotatable bonds is 7. The summed E-state index contributed by atoms with van der Waals surface area (Å²) in [6.45, 7) is 2.36. The van der Waals surface area contributed by atoms with Crippen molar-refractivity contribution in [3.63, 3.8) is 0 Å². The van der Waals surface area contributed by atoms with Gasteiger partial charge in [-0.3, -0.25) is 9.20 Å². The zero-order chi connectivity index (χ0) is 20.1. The Bertz CT molecular complexity index is 1100. The number of pyridine rings is 1. The van der Waals surface area contributed by atoms with Crippen molar-refractivity contribution in [2.45, 2.75) is 23.9 Å². The van der Waals surface area contributed by atoms with Gasteiger partial charge in [0, 0.05) is 11.9 Å². The van der Waals surface area contributed by atoms with E-state index in [4.69, 9.17) is 4.74 Å². The van der Waals surface area contributed by atoms with Crippen molar-refractivity contribution in [2.75, 3.05) is 5.32 Å². The molecule has 1 atom stereocenters. The van der Waals surface area contributed by atoms with Gasteiger partial charge in [-0.05, 0) is 48.9 Å². The van der Waals surface area contributed by atoms with Crippen LogP contribution in [-0.2, 0) is 11.4 Å². The lowest BCUT2D eigenvalue weighted by atomic mass is 10.2. The molecular formula is C22H20N4O2S. The number of amides is 1. The summed E-state index contributed by atoms with van der Waals surface area (Å²) in [5.41, 5.74) is 2.59. The molecule has 7 heteroatoms. The van der Waals surface area contributed by atoms with Crippen LogP contribution in [0.4, 0.5) is 5.69 Å². The molecule has 0 saturated heterocycles. The second-order valence-corrected chi connectivity index (χ2v) is 7.77. The van der Waals surface area contributed by atoms with E-state index < -0.39 is 0 Å². The van der Waals surface area contributed by atoms with Gasteiger partial charge in [-0.25, -0.2) is 0 Å². The molecule has 0 aliphatic heterocycles. The Morgan fingerprint density at radius 3 is 2.59 bits per heavy atom. The number of nitrogens with one attached hydrogen (secondary N) is 1. The molecule has 146 valence electrons. The van der Waals surface area contributed by atoms with E-state index in [9.17, 15) is 4.79 Å². The van der Waals surface area contributed by atoms with Crippen molar-refractivity contribution < 1.29 is 9.53 Å². The smallest absolute Gasteiger partial charge is 0.237 e. The number of hydrogen-bond donors (Lipinski definition) is 1. The maximum absolute atomic E-state index is 12.5. The second kappa shape index (κ2) is 8.79. The van der Waals surface area contributed by atoms with Crippen LogP contribution in [0.2, 0.25) is 0 Å². The molecule has 1 N–H and O–H groups in total. The maximum atomic E-state index is 12.5. The molecule has 4 rings (SSSR count). The van der Waals surface area contributed by atoms with Crippen LogP contribution >= 0.6 is 11.8 Å². The van der Waals surface area contributed by atoms with Gasteiger partial charge in [0.2, 0.25) is 5.91 Å². The Balaban J connectivity index is 1.33. The normalized spacial score (nSPS) is 11.9. The van der Waals surface area contributed by atoms with Gasteiger partial charge in [-0.2, -0.15) is 0 Å². The number of aromatic nitrogens is 3. The van der Waals surface area contributed by atoms with E-state index in [2.05, 4.69) is 15.5 Å². The third-order valence-corrected chi connectivity index (χ3v) is 5.36. The number of hydrogen-bond acceptors (Lipinski definition) is 5. The molecule has 0 aliphatic carbocycles. The van der Waals surface area contributed by atoms with Crippen LogP contribution < -0.4 is 10.1 Å². The second-order valence-electron chi connectivity index (χ2n) is 6.46. The minimum atomic E-state index is -0.323. The number of fused-ring (bicyclic) bond motifs is 1. The minimum absolute atomic E-state index is 0.0966. The standard InChI is InChI=1S/C22H20N4O2S/c1-16(29-22-25-24-20-9-5-6-14-26(20)22)21(27)23-18-10-12-19(13-11-18)28-15-17-7-3-2-4-8-17/h2-14,16H,15H2,1H3,(H,23,27). The Hall–Kier alpha value is -3.32. The third-order valence-electron chi connectivity index (χ3n) is 4.30. The molecule has 29 heavy (non-hydrogen) atoms. The van der Waals surface area contributed by atoms with Crippen molar-refractivity contribution in [1.29, 1.82) is 0 Å². The van der Waals surface area contributed by atoms with Crippen LogP contribution in [0.25, 0.3) is 5.65 Å².